The van der Waals surface area contributed by atoms with E-state index < -0.39 is 0 Å². The van der Waals surface area contributed by atoms with Crippen molar-refractivity contribution in [1.29, 1.82) is 0 Å². The summed E-state index contributed by atoms with van der Waals surface area (Å²) >= 11 is 0. The maximum Gasteiger partial charge on any atom is 0.255 e. The Labute approximate surface area is 122 Å². The number of amides is 1. The first-order valence-corrected chi connectivity index (χ1v) is 7.02. The van der Waals surface area contributed by atoms with Crippen molar-refractivity contribution >= 4 is 5.91 Å². The van der Waals surface area contributed by atoms with E-state index in [9.17, 15) is 4.79 Å². The summed E-state index contributed by atoms with van der Waals surface area (Å²) < 4.78 is 5.28. The quantitative estimate of drug-likeness (QED) is 0.843. The van der Waals surface area contributed by atoms with Gasteiger partial charge in [-0.25, -0.2) is 4.98 Å². The molecule has 0 spiro atoms. The van der Waals surface area contributed by atoms with E-state index in [0.29, 0.717) is 31.1 Å². The first kappa shape index (κ1) is 13.5. The molecule has 7 heteroatoms. The minimum atomic E-state index is -0.0137. The Hall–Kier alpha value is -2.44. The number of pyridine rings is 1. The number of ether oxygens (including phenoxy) is 1. The van der Waals surface area contributed by atoms with Crippen LogP contribution in [0, 0.1) is 0 Å². The third-order valence-electron chi connectivity index (χ3n) is 3.49. The highest BCUT2D eigenvalue weighted by molar-refractivity contribution is 5.94. The first-order chi connectivity index (χ1) is 10.3. The molecular formula is C14H17N5O2. The smallest absolute Gasteiger partial charge is 0.255 e. The van der Waals surface area contributed by atoms with Gasteiger partial charge >= 0.3 is 0 Å². The molecule has 0 aromatic carbocycles. The van der Waals surface area contributed by atoms with Gasteiger partial charge in [-0.2, -0.15) is 15.0 Å². The zero-order valence-corrected chi connectivity index (χ0v) is 11.8. The average molecular weight is 287 g/mol. The third-order valence-corrected chi connectivity index (χ3v) is 3.49. The molecule has 1 atom stereocenters. The van der Waals surface area contributed by atoms with Gasteiger partial charge in [0, 0.05) is 25.4 Å². The molecule has 3 rings (SSSR count). The van der Waals surface area contributed by atoms with Gasteiger partial charge in [-0.1, -0.05) is 0 Å². The fourth-order valence-corrected chi connectivity index (χ4v) is 2.45. The summed E-state index contributed by atoms with van der Waals surface area (Å²) in [6.07, 6.45) is 5.74. The van der Waals surface area contributed by atoms with Crippen LogP contribution in [0.4, 0.5) is 0 Å². The Kier molecular flexibility index (Phi) is 3.81. The van der Waals surface area contributed by atoms with E-state index in [1.165, 1.54) is 0 Å². The van der Waals surface area contributed by atoms with Crippen molar-refractivity contribution in [3.8, 4) is 5.88 Å². The van der Waals surface area contributed by atoms with Crippen molar-refractivity contribution in [2.75, 3.05) is 19.7 Å². The van der Waals surface area contributed by atoms with E-state index in [4.69, 9.17) is 4.74 Å². The summed E-state index contributed by atoms with van der Waals surface area (Å²) in [7, 11) is 0. The van der Waals surface area contributed by atoms with Gasteiger partial charge in [0.15, 0.2) is 0 Å². The van der Waals surface area contributed by atoms with Crippen molar-refractivity contribution in [1.82, 2.24) is 24.9 Å². The lowest BCUT2D eigenvalue weighted by atomic mass is 10.2. The number of nitrogens with zero attached hydrogens (tertiary/aromatic N) is 5. The van der Waals surface area contributed by atoms with E-state index in [0.717, 1.165) is 6.42 Å². The largest absolute Gasteiger partial charge is 0.478 e. The number of hydrogen-bond donors (Lipinski definition) is 0. The van der Waals surface area contributed by atoms with Crippen molar-refractivity contribution in [2.24, 2.45) is 0 Å². The van der Waals surface area contributed by atoms with E-state index in [-0.39, 0.29) is 11.9 Å². The maximum atomic E-state index is 12.4. The second-order valence-corrected chi connectivity index (χ2v) is 4.86. The predicted molar refractivity (Wildman–Crippen MR) is 75.0 cm³/mol. The number of carbonyl (C=O) groups excluding carboxylic acids is 1. The van der Waals surface area contributed by atoms with E-state index >= 15 is 0 Å². The van der Waals surface area contributed by atoms with Gasteiger partial charge in [-0.05, 0) is 19.4 Å². The third kappa shape index (κ3) is 2.86. The second kappa shape index (κ2) is 5.90. The Balaban J connectivity index is 1.66. The lowest BCUT2D eigenvalue weighted by molar-refractivity contribution is 0.0785. The summed E-state index contributed by atoms with van der Waals surface area (Å²) in [5, 5.41) is 8.27. The molecule has 1 aliphatic rings. The van der Waals surface area contributed by atoms with Crippen LogP contribution in [0.15, 0.2) is 30.7 Å². The molecule has 110 valence electrons. The molecule has 1 unspecified atom stereocenters. The molecule has 0 saturated carbocycles. The molecule has 1 saturated heterocycles. The highest BCUT2D eigenvalue weighted by Gasteiger charge is 2.29. The minimum absolute atomic E-state index is 0.0137. The number of hydrogen-bond acceptors (Lipinski definition) is 5. The molecule has 1 amide bonds. The molecule has 2 aromatic rings. The van der Waals surface area contributed by atoms with E-state index in [2.05, 4.69) is 15.2 Å². The van der Waals surface area contributed by atoms with Gasteiger partial charge in [0.2, 0.25) is 5.88 Å². The molecule has 1 aliphatic heterocycles. The van der Waals surface area contributed by atoms with Crippen LogP contribution in [0.1, 0.15) is 29.7 Å². The molecule has 21 heavy (non-hydrogen) atoms. The van der Waals surface area contributed by atoms with Crippen LogP contribution in [0.5, 0.6) is 5.88 Å². The van der Waals surface area contributed by atoms with Gasteiger partial charge in [0.05, 0.1) is 30.6 Å². The molecule has 3 heterocycles. The molecule has 2 aromatic heterocycles. The van der Waals surface area contributed by atoms with E-state index in [1.54, 1.807) is 35.5 Å². The number of rotatable bonds is 4. The van der Waals surface area contributed by atoms with Gasteiger partial charge < -0.3 is 9.64 Å². The molecule has 0 N–H and O–H groups in total. The van der Waals surface area contributed by atoms with Crippen LogP contribution < -0.4 is 4.74 Å². The monoisotopic (exact) mass is 287 g/mol. The maximum absolute atomic E-state index is 12.4. The topological polar surface area (TPSA) is 73.1 Å². The van der Waals surface area contributed by atoms with Crippen LogP contribution in [-0.2, 0) is 0 Å². The normalized spacial score (nSPS) is 18.0. The zero-order chi connectivity index (χ0) is 14.7. The standard InChI is InChI=1S/C14H17N5O2/c1-2-21-13-4-3-11(9-15-13)14(20)18-8-5-12(10-18)19-16-6-7-17-19/h3-4,6-7,9,12H,2,5,8,10H2,1H3. The van der Waals surface area contributed by atoms with Gasteiger partial charge in [0.25, 0.3) is 5.91 Å². The first-order valence-electron chi connectivity index (χ1n) is 7.02. The molecule has 0 aliphatic carbocycles. The van der Waals surface area contributed by atoms with Crippen LogP contribution >= 0.6 is 0 Å². The predicted octanol–water partition coefficient (Wildman–Crippen LogP) is 1.16. The highest BCUT2D eigenvalue weighted by atomic mass is 16.5. The zero-order valence-electron chi connectivity index (χ0n) is 11.8. The Morgan fingerprint density at radius 1 is 1.38 bits per heavy atom. The fourth-order valence-electron chi connectivity index (χ4n) is 2.45. The Morgan fingerprint density at radius 3 is 2.86 bits per heavy atom. The Bertz CT molecular complexity index is 596. The van der Waals surface area contributed by atoms with Gasteiger partial charge in [0.1, 0.15) is 0 Å². The highest BCUT2D eigenvalue weighted by Crippen LogP contribution is 2.21. The van der Waals surface area contributed by atoms with Gasteiger partial charge in [-0.3, -0.25) is 4.79 Å². The molecule has 7 nitrogen and oxygen atoms in total. The number of aromatic nitrogens is 4. The molecule has 0 radical (unpaired) electrons. The number of likely N-dealkylation sites (tertiary alicyclic amines) is 1. The lowest BCUT2D eigenvalue weighted by Crippen LogP contribution is -2.29. The van der Waals surface area contributed by atoms with E-state index in [1.807, 2.05) is 11.8 Å². The van der Waals surface area contributed by atoms with Crippen molar-refractivity contribution in [3.63, 3.8) is 0 Å². The Morgan fingerprint density at radius 2 is 2.19 bits per heavy atom. The second-order valence-electron chi connectivity index (χ2n) is 4.86. The molecule has 0 bridgehead atoms. The van der Waals surface area contributed by atoms with Crippen molar-refractivity contribution in [3.05, 3.63) is 36.3 Å². The van der Waals surface area contributed by atoms with Crippen molar-refractivity contribution in [2.45, 2.75) is 19.4 Å². The van der Waals surface area contributed by atoms with Crippen LogP contribution in [-0.4, -0.2) is 50.5 Å². The summed E-state index contributed by atoms with van der Waals surface area (Å²) in [5.41, 5.74) is 0.576. The van der Waals surface area contributed by atoms with Crippen molar-refractivity contribution < 1.29 is 9.53 Å². The van der Waals surface area contributed by atoms with Crippen LogP contribution in [0.3, 0.4) is 0 Å². The summed E-state index contributed by atoms with van der Waals surface area (Å²) in [5.74, 6) is 0.522. The SMILES string of the molecule is CCOc1ccc(C(=O)N2CCC(n3nccn3)C2)cn1. The average Bonchev–Trinajstić information content (AvgIpc) is 3.19. The van der Waals surface area contributed by atoms with Gasteiger partial charge in [-0.15, -0.1) is 0 Å². The lowest BCUT2D eigenvalue weighted by Gasteiger charge is -2.16. The van der Waals surface area contributed by atoms with Crippen LogP contribution in [0.2, 0.25) is 0 Å². The summed E-state index contributed by atoms with van der Waals surface area (Å²) in [4.78, 5) is 20.0. The van der Waals surface area contributed by atoms with Crippen LogP contribution in [0.25, 0.3) is 0 Å². The number of carbonyl (C=O) groups is 1. The summed E-state index contributed by atoms with van der Waals surface area (Å²) in [6.45, 7) is 3.79. The molecular weight excluding hydrogens is 270 g/mol. The minimum Gasteiger partial charge on any atom is -0.478 e. The summed E-state index contributed by atoms with van der Waals surface area (Å²) in [6, 6.07) is 3.62. The molecule has 1 fully saturated rings. The fraction of sp³-hybridized carbons (Fsp3) is 0.429.